The lowest BCUT2D eigenvalue weighted by Gasteiger charge is -2.33. The predicted molar refractivity (Wildman–Crippen MR) is 344 cm³/mol. The Morgan fingerprint density at radius 2 is 0.756 bits per heavy atom. The normalized spacial score (nSPS) is 16.7. The van der Waals surface area contributed by atoms with E-state index in [0.29, 0.717) is 26.1 Å². The van der Waals surface area contributed by atoms with E-state index in [9.17, 15) is 9.59 Å². The molecule has 0 heterocycles. The maximum Gasteiger partial charge on any atom is 0.306 e. The van der Waals surface area contributed by atoms with Crippen LogP contribution in [0.25, 0.3) is 0 Å². The Bertz CT molecular complexity index is 1960. The minimum absolute atomic E-state index is 0.0720. The van der Waals surface area contributed by atoms with E-state index in [-0.39, 0.29) is 22.8 Å². The summed E-state index contributed by atoms with van der Waals surface area (Å²) in [5.41, 5.74) is 11.3. The lowest BCUT2D eigenvalue weighted by molar-refractivity contribution is -0.143. The van der Waals surface area contributed by atoms with Crippen LogP contribution in [0.1, 0.15) is 301 Å². The predicted octanol–water partition coefficient (Wildman–Crippen LogP) is 23.6. The first kappa shape index (κ1) is 72.1. The first-order valence-corrected chi connectivity index (χ1v) is 32.3. The van der Waals surface area contributed by atoms with Crippen molar-refractivity contribution in [3.8, 4) is 0 Å². The van der Waals surface area contributed by atoms with Crippen molar-refractivity contribution in [2.24, 2.45) is 10.8 Å². The molecule has 0 amide bonds. The van der Waals surface area contributed by atoms with Gasteiger partial charge in [0.1, 0.15) is 13.2 Å². The van der Waals surface area contributed by atoms with E-state index in [1.54, 1.807) is 0 Å². The van der Waals surface area contributed by atoms with Crippen molar-refractivity contribution in [1.82, 2.24) is 0 Å². The van der Waals surface area contributed by atoms with Gasteiger partial charge in [-0.25, -0.2) is 0 Å². The van der Waals surface area contributed by atoms with Crippen LogP contribution in [-0.2, 0) is 19.1 Å². The standard InChI is InChI=1S/C38H62O2.C36H60O2/c1-7-8-9-10-11-12-13-14-15-16-17-18-19-20-21-27-37(39)40-32-30-34(3)25-22-24-33(2)28-29-36-35(4)26-23-31-38(36,5)6;1-7-8-9-10-11-12-13-14-15-16-17-18-19-25-35(37)38-30-28-32(3)23-20-22-31(2)26-27-34-33(4)24-21-29-36(34,5)6/h14-15,22,24-25,28-30H,7-13,16-21,23,26-27,31-32H2,1-6H3;20,22-23,26-28H,7-19,21,24-25,29-30H2,1-6H3/b15-14-,25-22?,29-28?,33-24?,34-30?;. The van der Waals surface area contributed by atoms with Crippen LogP contribution < -0.4 is 0 Å². The van der Waals surface area contributed by atoms with Gasteiger partial charge >= 0.3 is 11.9 Å². The molecule has 4 nitrogen and oxygen atoms in total. The fourth-order valence-electron chi connectivity index (χ4n) is 10.7. The fourth-order valence-corrected chi connectivity index (χ4v) is 10.7. The molecule has 0 aromatic heterocycles. The van der Waals surface area contributed by atoms with Crippen molar-refractivity contribution in [1.29, 1.82) is 0 Å². The quantitative estimate of drug-likeness (QED) is 0.0265. The van der Waals surface area contributed by atoms with Gasteiger partial charge in [0.15, 0.2) is 0 Å². The molecule has 0 atom stereocenters. The Kier molecular flexibility index (Phi) is 43.2. The molecular weight excluding hydrogens is 953 g/mol. The molecule has 78 heavy (non-hydrogen) atoms. The van der Waals surface area contributed by atoms with Crippen molar-refractivity contribution < 1.29 is 19.1 Å². The summed E-state index contributed by atoms with van der Waals surface area (Å²) in [7, 11) is 0. The van der Waals surface area contributed by atoms with Crippen LogP contribution >= 0.6 is 0 Å². The highest BCUT2D eigenvalue weighted by Gasteiger charge is 2.27. The summed E-state index contributed by atoms with van der Waals surface area (Å²) >= 11 is 0. The summed E-state index contributed by atoms with van der Waals surface area (Å²) in [6.45, 7) is 27.6. The van der Waals surface area contributed by atoms with Gasteiger partial charge < -0.3 is 9.47 Å². The van der Waals surface area contributed by atoms with Crippen molar-refractivity contribution in [3.05, 3.63) is 130 Å². The van der Waals surface area contributed by atoms with Gasteiger partial charge in [-0.1, -0.05) is 276 Å². The monoisotopic (exact) mass is 1070 g/mol. The Morgan fingerprint density at radius 1 is 0.436 bits per heavy atom. The van der Waals surface area contributed by atoms with E-state index in [1.165, 1.54) is 213 Å². The number of carbonyl (C=O) groups excluding carboxylic acids is 2. The largest absolute Gasteiger partial charge is 0.461 e. The molecule has 0 aliphatic heterocycles. The molecule has 0 aromatic rings. The minimum atomic E-state index is -0.0817. The van der Waals surface area contributed by atoms with Crippen LogP contribution in [0, 0.1) is 10.8 Å². The van der Waals surface area contributed by atoms with Gasteiger partial charge in [-0.15, -0.1) is 0 Å². The number of ether oxygens (including phenoxy) is 2. The first-order chi connectivity index (χ1) is 37.5. The molecule has 442 valence electrons. The lowest BCUT2D eigenvalue weighted by atomic mass is 9.72. The Labute approximate surface area is 483 Å². The molecule has 2 aliphatic carbocycles. The molecular formula is C74H122O4. The number of allylic oxidation sites excluding steroid dienone is 20. The zero-order valence-electron chi connectivity index (χ0n) is 53.2. The fraction of sp³-hybridized carbons (Fsp3) is 0.676. The Balaban J connectivity index is 0.000000781. The minimum Gasteiger partial charge on any atom is -0.461 e. The van der Waals surface area contributed by atoms with Gasteiger partial charge in [-0.05, 0) is 153 Å². The molecule has 0 radical (unpaired) electrons. The second-order valence-corrected chi connectivity index (χ2v) is 24.7. The summed E-state index contributed by atoms with van der Waals surface area (Å²) in [5, 5.41) is 0. The zero-order valence-corrected chi connectivity index (χ0v) is 53.2. The maximum atomic E-state index is 12.0. The molecule has 0 N–H and O–H groups in total. The number of hydrogen-bond donors (Lipinski definition) is 0. The average Bonchev–Trinajstić information content (AvgIpc) is 3.40. The van der Waals surface area contributed by atoms with Crippen LogP contribution in [0.5, 0.6) is 0 Å². The highest BCUT2D eigenvalue weighted by Crippen LogP contribution is 2.42. The third-order valence-electron chi connectivity index (χ3n) is 16.0. The second kappa shape index (κ2) is 46.8. The number of carbonyl (C=O) groups is 2. The molecule has 2 rings (SSSR count). The highest BCUT2D eigenvalue weighted by molar-refractivity contribution is 5.69. The Morgan fingerprint density at radius 3 is 1.09 bits per heavy atom. The van der Waals surface area contributed by atoms with Crippen LogP contribution in [-0.4, -0.2) is 25.2 Å². The van der Waals surface area contributed by atoms with E-state index < -0.39 is 0 Å². The number of esters is 2. The molecule has 0 unspecified atom stereocenters. The Hall–Kier alpha value is -3.92. The van der Waals surface area contributed by atoms with Crippen LogP contribution in [0.2, 0.25) is 0 Å². The number of hydrogen-bond acceptors (Lipinski definition) is 4. The van der Waals surface area contributed by atoms with Crippen molar-refractivity contribution in [2.75, 3.05) is 13.2 Å². The van der Waals surface area contributed by atoms with Gasteiger partial charge in [-0.3, -0.25) is 9.59 Å². The SMILES string of the molecule is CCCCCCCC/C=C\CCCCCCCC(=O)OCC=C(C)C=CC=C(C)C=CC1=C(C)CCCC1(C)C.CCCCCCCCCCCCCCCC(=O)OCC=C(C)C=CC=C(C)C=CC1=C(C)CCCC1(C)C. The van der Waals surface area contributed by atoms with Crippen LogP contribution in [0.4, 0.5) is 0 Å². The topological polar surface area (TPSA) is 52.6 Å². The molecule has 4 heteroatoms. The zero-order chi connectivity index (χ0) is 57.5. The maximum absolute atomic E-state index is 12.0. The molecule has 0 saturated heterocycles. The third kappa shape index (κ3) is 39.4. The highest BCUT2D eigenvalue weighted by atomic mass is 16.5. The average molecular weight is 1080 g/mol. The van der Waals surface area contributed by atoms with Crippen LogP contribution in [0.3, 0.4) is 0 Å². The van der Waals surface area contributed by atoms with Crippen LogP contribution in [0.15, 0.2) is 130 Å². The summed E-state index contributed by atoms with van der Waals surface area (Å²) in [5.74, 6) is -0.154. The van der Waals surface area contributed by atoms with Crippen molar-refractivity contribution in [3.63, 3.8) is 0 Å². The van der Waals surface area contributed by atoms with E-state index in [4.69, 9.17) is 9.47 Å². The third-order valence-corrected chi connectivity index (χ3v) is 16.0. The molecule has 0 bridgehead atoms. The summed E-state index contributed by atoms with van der Waals surface area (Å²) in [4.78, 5) is 24.0. The van der Waals surface area contributed by atoms with E-state index in [0.717, 1.165) is 36.8 Å². The van der Waals surface area contributed by atoms with Gasteiger partial charge in [0.05, 0.1) is 0 Å². The van der Waals surface area contributed by atoms with Gasteiger partial charge in [0.2, 0.25) is 0 Å². The number of unbranched alkanes of at least 4 members (excludes halogenated alkanes) is 23. The van der Waals surface area contributed by atoms with E-state index in [2.05, 4.69) is 149 Å². The molecule has 2 aliphatic rings. The lowest BCUT2D eigenvalue weighted by Crippen LogP contribution is -2.19. The second-order valence-electron chi connectivity index (χ2n) is 24.7. The first-order valence-electron chi connectivity index (χ1n) is 32.3. The summed E-state index contributed by atoms with van der Waals surface area (Å²) < 4.78 is 10.8. The van der Waals surface area contributed by atoms with Crippen molar-refractivity contribution >= 4 is 11.9 Å². The molecule has 0 aromatic carbocycles. The molecule has 0 saturated carbocycles. The molecule has 0 fully saturated rings. The van der Waals surface area contributed by atoms with Gasteiger partial charge in [0.25, 0.3) is 0 Å². The smallest absolute Gasteiger partial charge is 0.306 e. The van der Waals surface area contributed by atoms with E-state index in [1.807, 2.05) is 19.1 Å². The molecule has 0 spiro atoms. The van der Waals surface area contributed by atoms with Crippen molar-refractivity contribution in [2.45, 2.75) is 301 Å². The number of rotatable bonds is 41. The van der Waals surface area contributed by atoms with Gasteiger partial charge in [-0.2, -0.15) is 0 Å². The van der Waals surface area contributed by atoms with Gasteiger partial charge in [0, 0.05) is 12.8 Å². The summed E-state index contributed by atoms with van der Waals surface area (Å²) in [6, 6.07) is 0. The summed E-state index contributed by atoms with van der Waals surface area (Å²) in [6.07, 6.45) is 72.6. The van der Waals surface area contributed by atoms with E-state index >= 15 is 0 Å².